The van der Waals surface area contributed by atoms with Gasteiger partial charge in [0, 0.05) is 13.2 Å². The average Bonchev–Trinajstić information content (AvgIpc) is 2.80. The van der Waals surface area contributed by atoms with Crippen molar-refractivity contribution in [3.63, 3.8) is 0 Å². The lowest BCUT2D eigenvalue weighted by Crippen LogP contribution is -2.42. The quantitative estimate of drug-likeness (QED) is 0.595. The van der Waals surface area contributed by atoms with Crippen LogP contribution in [0.25, 0.3) is 0 Å². The maximum Gasteiger partial charge on any atom is 0.471 e. The third-order valence-corrected chi connectivity index (χ3v) is 3.44. The van der Waals surface area contributed by atoms with Crippen LogP contribution in [0.4, 0.5) is 13.2 Å². The Bertz CT molecular complexity index is 743. The average molecular weight is 353 g/mol. The highest BCUT2D eigenvalue weighted by Gasteiger charge is 2.41. The Morgan fingerprint density at radius 3 is 2.58 bits per heavy atom. The molecule has 1 aromatic rings. The van der Waals surface area contributed by atoms with Crippen molar-refractivity contribution in [2.45, 2.75) is 31.2 Å². The third kappa shape index (κ3) is 3.49. The Morgan fingerprint density at radius 1 is 1.46 bits per heavy atom. The molecule has 2 rings (SSSR count). The lowest BCUT2D eigenvalue weighted by molar-refractivity contribution is -0.184. The molecule has 0 saturated carbocycles. The highest BCUT2D eigenvalue weighted by atomic mass is 19.4. The van der Waals surface area contributed by atoms with E-state index in [1.165, 1.54) is 0 Å². The second-order valence-corrected chi connectivity index (χ2v) is 5.26. The van der Waals surface area contributed by atoms with Gasteiger partial charge in [-0.05, 0) is 0 Å². The van der Waals surface area contributed by atoms with Gasteiger partial charge in [-0.2, -0.15) is 13.2 Å². The van der Waals surface area contributed by atoms with E-state index in [2.05, 4.69) is 0 Å². The Hall–Kier alpha value is -2.18. The number of aliphatic hydroxyl groups excluding tert-OH is 2. The molecule has 1 amide bonds. The van der Waals surface area contributed by atoms with Gasteiger partial charge >= 0.3 is 17.8 Å². The molecule has 3 atom stereocenters. The second kappa shape index (κ2) is 6.37. The Balaban J connectivity index is 2.32. The molecule has 2 heterocycles. The number of aromatic nitrogens is 2. The van der Waals surface area contributed by atoms with Crippen molar-refractivity contribution >= 4 is 5.91 Å². The largest absolute Gasteiger partial charge is 0.471 e. The molecule has 1 saturated heterocycles. The molecule has 0 bridgehead atoms. The highest BCUT2D eigenvalue weighted by Crippen LogP contribution is 2.23. The first-order chi connectivity index (χ1) is 11.0. The number of H-pyrrole nitrogens is 1. The molecule has 9 nitrogen and oxygen atoms in total. The summed E-state index contributed by atoms with van der Waals surface area (Å²) in [6.07, 6.45) is -8.26. The van der Waals surface area contributed by atoms with Crippen molar-refractivity contribution in [3.8, 4) is 0 Å². The van der Waals surface area contributed by atoms with Crippen LogP contribution < -0.4 is 11.2 Å². The fourth-order valence-corrected chi connectivity index (χ4v) is 2.20. The SMILES string of the molecule is CN(Cc1cn(C2OCC(O)C2O)c(=O)[nH]c1=O)C(=O)C(F)(F)F. The Morgan fingerprint density at radius 2 is 2.08 bits per heavy atom. The standard InChI is InChI=1S/C12H14F3N3O6/c1-17(10(22)12(13,14)15)2-5-3-18(11(23)16-8(5)21)9-7(20)6(19)4-24-9/h3,6-7,9,19-20H,2,4H2,1H3,(H,16,21,23). The fourth-order valence-electron chi connectivity index (χ4n) is 2.20. The minimum Gasteiger partial charge on any atom is -0.388 e. The summed E-state index contributed by atoms with van der Waals surface area (Å²) >= 11 is 0. The van der Waals surface area contributed by atoms with Gasteiger partial charge in [0.2, 0.25) is 0 Å². The molecule has 0 spiro atoms. The molecule has 12 heteroatoms. The number of nitrogens with one attached hydrogen (secondary N) is 1. The Labute approximate surface area is 131 Å². The summed E-state index contributed by atoms with van der Waals surface area (Å²) in [6.45, 7) is -0.988. The van der Waals surface area contributed by atoms with Crippen LogP contribution in [0.15, 0.2) is 15.8 Å². The summed E-state index contributed by atoms with van der Waals surface area (Å²) in [5.74, 6) is -2.16. The van der Waals surface area contributed by atoms with Crippen molar-refractivity contribution in [2.24, 2.45) is 0 Å². The summed E-state index contributed by atoms with van der Waals surface area (Å²) in [6, 6.07) is 0. The van der Waals surface area contributed by atoms with Crippen LogP contribution in [0.2, 0.25) is 0 Å². The zero-order valence-corrected chi connectivity index (χ0v) is 12.3. The Kier molecular flexibility index (Phi) is 4.82. The first-order valence-electron chi connectivity index (χ1n) is 6.66. The van der Waals surface area contributed by atoms with Crippen molar-refractivity contribution in [1.29, 1.82) is 0 Å². The molecule has 1 aliphatic rings. The van der Waals surface area contributed by atoms with Gasteiger partial charge in [-0.25, -0.2) is 4.79 Å². The van der Waals surface area contributed by atoms with Crippen LogP contribution in [0.3, 0.4) is 0 Å². The lowest BCUT2D eigenvalue weighted by atomic mass is 10.2. The smallest absolute Gasteiger partial charge is 0.388 e. The molecule has 1 aliphatic heterocycles. The number of hydrogen-bond donors (Lipinski definition) is 3. The van der Waals surface area contributed by atoms with E-state index < -0.39 is 48.3 Å². The summed E-state index contributed by atoms with van der Waals surface area (Å²) in [7, 11) is 0.843. The van der Waals surface area contributed by atoms with Gasteiger partial charge in [-0.3, -0.25) is 19.1 Å². The number of aromatic amines is 1. The number of nitrogens with zero attached hydrogens (tertiary/aromatic N) is 2. The number of rotatable bonds is 3. The number of halogens is 3. The van der Waals surface area contributed by atoms with E-state index >= 15 is 0 Å². The zero-order valence-electron chi connectivity index (χ0n) is 12.3. The number of carbonyl (C=O) groups excluding carboxylic acids is 1. The number of alkyl halides is 3. The molecule has 134 valence electrons. The van der Waals surface area contributed by atoms with Gasteiger partial charge in [-0.15, -0.1) is 0 Å². The fraction of sp³-hybridized carbons (Fsp3) is 0.583. The van der Waals surface area contributed by atoms with Gasteiger partial charge in [0.05, 0.1) is 18.7 Å². The van der Waals surface area contributed by atoms with Gasteiger partial charge in [-0.1, -0.05) is 0 Å². The number of amides is 1. The maximum atomic E-state index is 12.4. The predicted molar refractivity (Wildman–Crippen MR) is 70.9 cm³/mol. The number of ether oxygens (including phenoxy) is 1. The topological polar surface area (TPSA) is 125 Å². The van der Waals surface area contributed by atoms with Gasteiger partial charge in [0.15, 0.2) is 6.23 Å². The normalized spacial score (nSPS) is 24.2. The minimum atomic E-state index is -5.11. The van der Waals surface area contributed by atoms with E-state index in [1.807, 2.05) is 4.98 Å². The molecule has 3 unspecified atom stereocenters. The summed E-state index contributed by atoms with van der Waals surface area (Å²) in [4.78, 5) is 36.7. The van der Waals surface area contributed by atoms with Crippen molar-refractivity contribution in [2.75, 3.05) is 13.7 Å². The molecule has 0 radical (unpaired) electrons. The molecule has 3 N–H and O–H groups in total. The monoisotopic (exact) mass is 353 g/mol. The molecular formula is C12H14F3N3O6. The van der Waals surface area contributed by atoms with Crippen LogP contribution >= 0.6 is 0 Å². The second-order valence-electron chi connectivity index (χ2n) is 5.26. The van der Waals surface area contributed by atoms with Crippen LogP contribution in [-0.2, 0) is 16.1 Å². The van der Waals surface area contributed by atoms with Crippen molar-refractivity contribution in [1.82, 2.24) is 14.5 Å². The number of carbonyl (C=O) groups is 1. The van der Waals surface area contributed by atoms with E-state index in [0.717, 1.165) is 17.8 Å². The van der Waals surface area contributed by atoms with E-state index in [4.69, 9.17) is 4.74 Å². The highest BCUT2D eigenvalue weighted by molar-refractivity contribution is 5.81. The van der Waals surface area contributed by atoms with E-state index in [0.29, 0.717) is 0 Å². The zero-order chi connectivity index (χ0) is 18.2. The van der Waals surface area contributed by atoms with E-state index in [-0.39, 0.29) is 17.1 Å². The minimum absolute atomic E-state index is 0.264. The van der Waals surface area contributed by atoms with Crippen molar-refractivity contribution < 1.29 is 32.9 Å². The van der Waals surface area contributed by atoms with Crippen LogP contribution in [0.5, 0.6) is 0 Å². The van der Waals surface area contributed by atoms with Crippen LogP contribution in [-0.4, -0.2) is 62.6 Å². The van der Waals surface area contributed by atoms with Crippen LogP contribution in [0.1, 0.15) is 11.8 Å². The first-order valence-corrected chi connectivity index (χ1v) is 6.66. The number of hydrogen-bond acceptors (Lipinski definition) is 6. The van der Waals surface area contributed by atoms with Gasteiger partial charge in [0.1, 0.15) is 12.2 Å². The molecule has 0 aliphatic carbocycles. The van der Waals surface area contributed by atoms with Gasteiger partial charge in [0.25, 0.3) is 5.56 Å². The number of aliphatic hydroxyl groups is 2. The summed E-state index contributed by atoms with van der Waals surface area (Å²) in [5, 5.41) is 19.1. The van der Waals surface area contributed by atoms with E-state index in [1.54, 1.807) is 0 Å². The summed E-state index contributed by atoms with van der Waals surface area (Å²) < 4.78 is 42.9. The first kappa shape index (κ1) is 18.2. The maximum absolute atomic E-state index is 12.4. The molecule has 1 fully saturated rings. The molecule has 0 aromatic carbocycles. The van der Waals surface area contributed by atoms with Crippen molar-refractivity contribution in [3.05, 3.63) is 32.6 Å². The summed E-state index contributed by atoms with van der Waals surface area (Å²) in [5.41, 5.74) is -2.29. The van der Waals surface area contributed by atoms with Crippen LogP contribution in [0, 0.1) is 0 Å². The predicted octanol–water partition coefficient (Wildman–Crippen LogP) is -1.69. The molecule has 1 aromatic heterocycles. The lowest BCUT2D eigenvalue weighted by Gasteiger charge is -2.20. The third-order valence-electron chi connectivity index (χ3n) is 3.44. The van der Waals surface area contributed by atoms with Gasteiger partial charge < -0.3 is 19.8 Å². The molecular weight excluding hydrogens is 339 g/mol. The van der Waals surface area contributed by atoms with E-state index in [9.17, 15) is 37.8 Å². The molecule has 24 heavy (non-hydrogen) atoms.